The largest absolute Gasteiger partial charge is 0.458 e. The van der Waals surface area contributed by atoms with Crippen molar-refractivity contribution in [2.75, 3.05) is 28.4 Å². The molecule has 1 aromatic rings. The molecule has 4 heterocycles. The standard InChI is InChI=1S/C58H86O17/c1-31(59)39-22-24-58(62)40-19-18-37-25-38(21-23-56(37,6)41(40)26-46(57(39,58)7)72-47(60)20-17-36-15-13-12-14-16-36)71-48-28-43(64-9)53(33(3)68-48)74-50-30-45(66-11)55(35(5)70-50)75-51-29-44(65-10)54(34(4)69-51)73-49-27-42(63-8)52(61)32(2)67-49/h12-18,20,32-35,38-46,48-55,61-62H,19,21-30H2,1-11H3/b20-17+/t32-,33-,34-,35-,38+,39-,40-,41+,42-,43-,44-,45+,46-,48+,49+,50+,51+,52-,53-,54-,55-,56+,57+,58+/m1/s1. The summed E-state index contributed by atoms with van der Waals surface area (Å²) in [6.07, 6.45) is 3.47. The van der Waals surface area contributed by atoms with Crippen molar-refractivity contribution < 1.29 is 81.4 Å². The normalized spacial score (nSPS) is 47.1. The summed E-state index contributed by atoms with van der Waals surface area (Å²) >= 11 is 0. The highest BCUT2D eigenvalue weighted by atomic mass is 16.8. The average Bonchev–Trinajstić information content (AvgIpc) is 3.68. The predicted molar refractivity (Wildman–Crippen MR) is 273 cm³/mol. The molecule has 17 heteroatoms. The number of fused-ring (bicyclic) bond motifs is 5. The van der Waals surface area contributed by atoms with Gasteiger partial charge in [0.05, 0.1) is 60.5 Å². The van der Waals surface area contributed by atoms with Crippen molar-refractivity contribution in [2.24, 2.45) is 28.6 Å². The topological polar surface area (TPSA) is 195 Å². The van der Waals surface area contributed by atoms with Crippen LogP contribution in [-0.2, 0) is 71.2 Å². The summed E-state index contributed by atoms with van der Waals surface area (Å²) in [7, 11) is 6.56. The first kappa shape index (κ1) is 57.0. The summed E-state index contributed by atoms with van der Waals surface area (Å²) in [6, 6.07) is 9.61. The molecule has 0 unspecified atom stereocenters. The van der Waals surface area contributed by atoms with Crippen LogP contribution in [0, 0.1) is 28.6 Å². The molecule has 4 aliphatic heterocycles. The van der Waals surface area contributed by atoms with E-state index in [0.717, 1.165) is 24.8 Å². The summed E-state index contributed by atoms with van der Waals surface area (Å²) in [4.78, 5) is 26.8. The number of esters is 1. The second-order valence-electron chi connectivity index (χ2n) is 23.3. The van der Waals surface area contributed by atoms with Crippen LogP contribution >= 0.6 is 0 Å². The summed E-state index contributed by atoms with van der Waals surface area (Å²) < 4.78 is 82.0. The summed E-state index contributed by atoms with van der Waals surface area (Å²) in [5, 5.41) is 23.4. The molecule has 8 aliphatic rings. The van der Waals surface area contributed by atoms with Crippen LogP contribution in [0.5, 0.6) is 0 Å². The second-order valence-corrected chi connectivity index (χ2v) is 23.3. The highest BCUT2D eigenvalue weighted by Crippen LogP contribution is 2.68. The third-order valence-corrected chi connectivity index (χ3v) is 19.3. The number of methoxy groups -OCH3 is 4. The van der Waals surface area contributed by atoms with E-state index in [1.165, 1.54) is 11.6 Å². The number of carbonyl (C=O) groups is 2. The molecule has 4 aliphatic carbocycles. The van der Waals surface area contributed by atoms with Gasteiger partial charge in [0.2, 0.25) is 0 Å². The molecule has 17 nitrogen and oxygen atoms in total. The smallest absolute Gasteiger partial charge is 0.331 e. The Morgan fingerprint density at radius 3 is 1.68 bits per heavy atom. The lowest BCUT2D eigenvalue weighted by Crippen LogP contribution is -2.66. The summed E-state index contributed by atoms with van der Waals surface area (Å²) in [6.45, 7) is 13.6. The van der Waals surface area contributed by atoms with Crippen LogP contribution in [0.15, 0.2) is 48.1 Å². The van der Waals surface area contributed by atoms with Crippen molar-refractivity contribution in [1.82, 2.24) is 0 Å². The number of ether oxygens (including phenoxy) is 13. The molecule has 1 aromatic carbocycles. The summed E-state index contributed by atoms with van der Waals surface area (Å²) in [5.41, 5.74) is -0.157. The van der Waals surface area contributed by atoms with Crippen molar-refractivity contribution in [3.63, 3.8) is 0 Å². The van der Waals surface area contributed by atoms with Gasteiger partial charge in [0.25, 0.3) is 0 Å². The van der Waals surface area contributed by atoms with Crippen molar-refractivity contribution >= 4 is 17.8 Å². The quantitative estimate of drug-likeness (QED) is 0.0975. The minimum atomic E-state index is -1.18. The lowest BCUT2D eigenvalue weighted by atomic mass is 9.45. The number of aliphatic hydroxyl groups excluding tert-OH is 1. The number of aliphatic hydroxyl groups is 2. The number of hydrogen-bond acceptors (Lipinski definition) is 17. The van der Waals surface area contributed by atoms with Crippen LogP contribution in [0.3, 0.4) is 0 Å². The Kier molecular flexibility index (Phi) is 17.9. The van der Waals surface area contributed by atoms with E-state index in [4.69, 9.17) is 61.6 Å². The van der Waals surface area contributed by atoms with Gasteiger partial charge in [-0.3, -0.25) is 4.79 Å². The van der Waals surface area contributed by atoms with E-state index in [0.29, 0.717) is 51.4 Å². The fraction of sp³-hybridized carbons (Fsp3) is 0.793. The van der Waals surface area contributed by atoms with Gasteiger partial charge in [-0.05, 0) is 108 Å². The molecule has 24 atom stereocenters. The van der Waals surface area contributed by atoms with Crippen molar-refractivity contribution in [1.29, 1.82) is 0 Å². The average molecular weight is 1060 g/mol. The minimum absolute atomic E-state index is 0.0303. The van der Waals surface area contributed by atoms with Gasteiger partial charge in [0.15, 0.2) is 25.2 Å². The van der Waals surface area contributed by atoms with E-state index in [9.17, 15) is 19.8 Å². The van der Waals surface area contributed by atoms with Crippen molar-refractivity contribution in [2.45, 2.75) is 235 Å². The van der Waals surface area contributed by atoms with Crippen LogP contribution in [0.2, 0.25) is 0 Å². The number of carbonyl (C=O) groups excluding carboxylic acids is 2. The molecule has 4 saturated heterocycles. The highest BCUT2D eigenvalue weighted by molar-refractivity contribution is 5.87. The molecule has 2 N–H and O–H groups in total. The molecule has 75 heavy (non-hydrogen) atoms. The van der Waals surface area contributed by atoms with Crippen LogP contribution < -0.4 is 0 Å². The Morgan fingerprint density at radius 2 is 1.16 bits per heavy atom. The number of benzene rings is 1. The van der Waals surface area contributed by atoms with Gasteiger partial charge in [-0.1, -0.05) is 55.8 Å². The highest BCUT2D eigenvalue weighted by Gasteiger charge is 2.71. The third kappa shape index (κ3) is 11.3. The molecule has 0 aromatic heterocycles. The predicted octanol–water partition coefficient (Wildman–Crippen LogP) is 7.01. The second kappa shape index (κ2) is 23.5. The van der Waals surface area contributed by atoms with Gasteiger partial charge in [-0.15, -0.1) is 0 Å². The van der Waals surface area contributed by atoms with Gasteiger partial charge in [-0.2, -0.15) is 0 Å². The molecule has 9 rings (SSSR count). The number of Topliss-reactive ketones (excluding diaryl/α,β-unsaturated/α-hetero) is 1. The van der Waals surface area contributed by atoms with Gasteiger partial charge in [0, 0.05) is 71.5 Å². The molecule has 0 bridgehead atoms. The third-order valence-electron chi connectivity index (χ3n) is 19.3. The van der Waals surface area contributed by atoms with Crippen molar-refractivity contribution in [3.8, 4) is 0 Å². The Morgan fingerprint density at radius 1 is 0.653 bits per heavy atom. The molecular weight excluding hydrogens is 969 g/mol. The Hall–Kier alpha value is -2.72. The van der Waals surface area contributed by atoms with E-state index in [2.05, 4.69) is 13.0 Å². The fourth-order valence-electron chi connectivity index (χ4n) is 15.0. The maximum Gasteiger partial charge on any atom is 0.331 e. The first-order valence-electron chi connectivity index (χ1n) is 27.7. The van der Waals surface area contributed by atoms with Gasteiger partial charge in [-0.25, -0.2) is 4.79 Å². The van der Waals surface area contributed by atoms with Crippen LogP contribution in [0.4, 0.5) is 0 Å². The zero-order chi connectivity index (χ0) is 53.6. The number of ketones is 1. The SMILES string of the molecule is CO[C@H]1C[C@H](O[C@@H]2[C@@H](C)O[C@@H](O[C@H]3CC[C@@]4(C)C(=CC[C@@H]5[C@@H]4C[C@@H](OC(=O)/C=C/c4ccccc4)[C@]4(C)[C@@H](C(C)=O)CC[C@]54O)C3)C[C@H]2OC)O[C@H](C)[C@H]1O[C@H]1C[C@@H](OC)[C@H](O[C@H]2C[C@@H](OC)[C@H](O)[C@@H](C)O2)[C@@H](C)O1. The van der Waals surface area contributed by atoms with E-state index in [1.807, 2.05) is 58.0 Å². The van der Waals surface area contributed by atoms with Gasteiger partial charge < -0.3 is 71.8 Å². The number of allylic oxidation sites excluding steroid dienone is 1. The van der Waals surface area contributed by atoms with Crippen LogP contribution in [-0.4, -0.2) is 167 Å². The molecular formula is C58H86O17. The minimum Gasteiger partial charge on any atom is -0.458 e. The molecule has 0 amide bonds. The number of hydrogen-bond donors (Lipinski definition) is 2. The first-order valence-corrected chi connectivity index (χ1v) is 27.7. The Bertz CT molecular complexity index is 2160. The molecule has 7 fully saturated rings. The van der Waals surface area contributed by atoms with E-state index in [1.54, 1.807) is 48.4 Å². The molecule has 3 saturated carbocycles. The van der Waals surface area contributed by atoms with Crippen LogP contribution in [0.1, 0.15) is 125 Å². The Labute approximate surface area is 443 Å². The maximum atomic E-state index is 13.6. The van der Waals surface area contributed by atoms with Crippen LogP contribution in [0.25, 0.3) is 6.08 Å². The maximum absolute atomic E-state index is 13.6. The zero-order valence-electron chi connectivity index (χ0n) is 46.0. The lowest BCUT2D eigenvalue weighted by molar-refractivity contribution is -0.347. The zero-order valence-corrected chi connectivity index (χ0v) is 46.0. The van der Waals surface area contributed by atoms with E-state index >= 15 is 0 Å². The monoisotopic (exact) mass is 1050 g/mol. The van der Waals surface area contributed by atoms with Gasteiger partial charge >= 0.3 is 5.97 Å². The first-order chi connectivity index (χ1) is 35.8. The summed E-state index contributed by atoms with van der Waals surface area (Å²) in [5.74, 6) is -0.880. The molecule has 420 valence electrons. The van der Waals surface area contributed by atoms with Gasteiger partial charge in [0.1, 0.15) is 36.3 Å². The lowest BCUT2D eigenvalue weighted by Gasteiger charge is -2.63. The number of rotatable bonds is 16. The Balaban J connectivity index is 0.791. The van der Waals surface area contributed by atoms with E-state index < -0.39 is 103 Å². The molecule has 0 spiro atoms. The molecule has 0 radical (unpaired) electrons. The van der Waals surface area contributed by atoms with E-state index in [-0.39, 0.29) is 53.6 Å². The fourth-order valence-corrected chi connectivity index (χ4v) is 15.0. The van der Waals surface area contributed by atoms with Crippen molar-refractivity contribution in [3.05, 3.63) is 53.6 Å².